The van der Waals surface area contributed by atoms with Gasteiger partial charge in [0.25, 0.3) is 0 Å². The zero-order chi connectivity index (χ0) is 14.0. The molecular weight excluding hydrogens is 256 g/mol. The van der Waals surface area contributed by atoms with Gasteiger partial charge < -0.3 is 14.6 Å². The Bertz CT molecular complexity index is 491. The third-order valence-corrected chi connectivity index (χ3v) is 4.35. The van der Waals surface area contributed by atoms with Crippen LogP contribution in [0.5, 0.6) is 5.75 Å². The molecule has 108 valence electrons. The summed E-state index contributed by atoms with van der Waals surface area (Å²) in [4.78, 5) is 11.0. The molecule has 0 aromatic heterocycles. The Morgan fingerprint density at radius 3 is 2.90 bits per heavy atom. The lowest BCUT2D eigenvalue weighted by Crippen LogP contribution is -2.41. The molecule has 0 amide bonds. The molecule has 3 rings (SSSR count). The van der Waals surface area contributed by atoms with Crippen molar-refractivity contribution in [3.8, 4) is 5.75 Å². The molecule has 1 N–H and O–H groups in total. The van der Waals surface area contributed by atoms with Crippen LogP contribution in [0.25, 0.3) is 0 Å². The predicted octanol–water partition coefficient (Wildman–Crippen LogP) is 3.26. The molecule has 1 saturated heterocycles. The van der Waals surface area contributed by atoms with Crippen LogP contribution in [0.2, 0.25) is 0 Å². The molecule has 1 spiro atoms. The van der Waals surface area contributed by atoms with Crippen molar-refractivity contribution in [2.45, 2.75) is 50.2 Å². The summed E-state index contributed by atoms with van der Waals surface area (Å²) in [6.07, 6.45) is 6.65. The Labute approximate surface area is 118 Å². The molecule has 0 bridgehead atoms. The molecule has 2 fully saturated rings. The quantitative estimate of drug-likeness (QED) is 0.920. The summed E-state index contributed by atoms with van der Waals surface area (Å²) in [5.41, 5.74) is 0.290. The first-order valence-electron chi connectivity index (χ1n) is 7.31. The van der Waals surface area contributed by atoms with Gasteiger partial charge in [-0.15, -0.1) is 0 Å². The molecule has 1 heterocycles. The molecule has 1 unspecified atom stereocenters. The second-order valence-electron chi connectivity index (χ2n) is 5.80. The highest BCUT2D eigenvalue weighted by atomic mass is 16.5. The van der Waals surface area contributed by atoms with Gasteiger partial charge in [-0.2, -0.15) is 0 Å². The maximum Gasteiger partial charge on any atom is 0.335 e. The standard InChI is InChI=1S/C16H20O4/c17-15(18)12-4-3-5-13(10-12)20-14-6-9-19-16(11-14)7-1-2-8-16/h3-5,10,14H,1-2,6-9,11H2,(H,17,18). The first-order valence-corrected chi connectivity index (χ1v) is 7.31. The normalized spacial score (nSPS) is 24.7. The van der Waals surface area contributed by atoms with E-state index >= 15 is 0 Å². The van der Waals surface area contributed by atoms with Crippen molar-refractivity contribution in [3.63, 3.8) is 0 Å². The molecular formula is C16H20O4. The number of carboxylic acids is 1. The van der Waals surface area contributed by atoms with Crippen LogP contribution in [0.15, 0.2) is 24.3 Å². The van der Waals surface area contributed by atoms with Crippen LogP contribution in [0.1, 0.15) is 48.9 Å². The van der Waals surface area contributed by atoms with Gasteiger partial charge >= 0.3 is 5.97 Å². The molecule has 0 radical (unpaired) electrons. The van der Waals surface area contributed by atoms with Crippen LogP contribution in [0.4, 0.5) is 0 Å². The summed E-state index contributed by atoms with van der Waals surface area (Å²) >= 11 is 0. The highest BCUT2D eigenvalue weighted by molar-refractivity contribution is 5.87. The van der Waals surface area contributed by atoms with E-state index in [-0.39, 0.29) is 17.3 Å². The third kappa shape index (κ3) is 2.80. The molecule has 1 saturated carbocycles. The molecule has 1 aliphatic heterocycles. The molecule has 2 aliphatic rings. The molecule has 4 heteroatoms. The van der Waals surface area contributed by atoms with Crippen molar-refractivity contribution >= 4 is 5.97 Å². The molecule has 1 aromatic rings. The van der Waals surface area contributed by atoms with Crippen molar-refractivity contribution in [1.29, 1.82) is 0 Å². The summed E-state index contributed by atoms with van der Waals surface area (Å²) in [7, 11) is 0. The Hall–Kier alpha value is -1.55. The minimum Gasteiger partial charge on any atom is -0.490 e. The molecule has 1 atom stereocenters. The Balaban J connectivity index is 1.68. The van der Waals surface area contributed by atoms with Gasteiger partial charge in [-0.3, -0.25) is 0 Å². The van der Waals surface area contributed by atoms with Crippen LogP contribution in [0.3, 0.4) is 0 Å². The number of aromatic carboxylic acids is 1. The van der Waals surface area contributed by atoms with E-state index in [9.17, 15) is 4.79 Å². The Morgan fingerprint density at radius 2 is 2.15 bits per heavy atom. The van der Waals surface area contributed by atoms with Gasteiger partial charge in [-0.05, 0) is 31.0 Å². The highest BCUT2D eigenvalue weighted by Gasteiger charge is 2.40. The predicted molar refractivity (Wildman–Crippen MR) is 74.2 cm³/mol. The van der Waals surface area contributed by atoms with E-state index in [1.54, 1.807) is 18.2 Å². The van der Waals surface area contributed by atoms with Crippen LogP contribution in [-0.2, 0) is 4.74 Å². The summed E-state index contributed by atoms with van der Waals surface area (Å²) in [6, 6.07) is 6.73. The lowest BCUT2D eigenvalue weighted by atomic mass is 9.90. The summed E-state index contributed by atoms with van der Waals surface area (Å²) in [5, 5.41) is 9.01. The SMILES string of the molecule is O=C(O)c1cccc(OC2CCOC3(CCCC3)C2)c1. The lowest BCUT2D eigenvalue weighted by molar-refractivity contribution is -0.108. The van der Waals surface area contributed by atoms with Gasteiger partial charge in [0, 0.05) is 12.8 Å². The van der Waals surface area contributed by atoms with Crippen molar-refractivity contribution in [2.24, 2.45) is 0 Å². The molecule has 4 nitrogen and oxygen atoms in total. The molecule has 20 heavy (non-hydrogen) atoms. The third-order valence-electron chi connectivity index (χ3n) is 4.35. The fourth-order valence-corrected chi connectivity index (χ4v) is 3.35. The van der Waals surface area contributed by atoms with E-state index in [1.165, 1.54) is 12.8 Å². The van der Waals surface area contributed by atoms with E-state index in [4.69, 9.17) is 14.6 Å². The zero-order valence-corrected chi connectivity index (χ0v) is 11.5. The smallest absolute Gasteiger partial charge is 0.335 e. The fraction of sp³-hybridized carbons (Fsp3) is 0.562. The lowest BCUT2D eigenvalue weighted by Gasteiger charge is -2.38. The number of ether oxygens (including phenoxy) is 2. The topological polar surface area (TPSA) is 55.8 Å². The minimum absolute atomic E-state index is 0.0212. The van der Waals surface area contributed by atoms with Gasteiger partial charge in [-0.1, -0.05) is 18.9 Å². The molecule has 1 aliphatic carbocycles. The van der Waals surface area contributed by atoms with Gasteiger partial charge in [0.05, 0.1) is 17.8 Å². The number of carbonyl (C=O) groups is 1. The highest BCUT2D eigenvalue weighted by Crippen LogP contribution is 2.40. The minimum atomic E-state index is -0.922. The van der Waals surface area contributed by atoms with E-state index in [1.807, 2.05) is 6.07 Å². The van der Waals surface area contributed by atoms with Crippen molar-refractivity contribution in [1.82, 2.24) is 0 Å². The monoisotopic (exact) mass is 276 g/mol. The average Bonchev–Trinajstić information content (AvgIpc) is 2.87. The van der Waals surface area contributed by atoms with E-state index < -0.39 is 5.97 Å². The van der Waals surface area contributed by atoms with Crippen LogP contribution in [0, 0.1) is 0 Å². The summed E-state index contributed by atoms with van der Waals surface area (Å²) in [5.74, 6) is -0.278. The van der Waals surface area contributed by atoms with E-state index in [0.29, 0.717) is 5.75 Å². The largest absolute Gasteiger partial charge is 0.490 e. The van der Waals surface area contributed by atoms with Crippen molar-refractivity contribution < 1.29 is 19.4 Å². The van der Waals surface area contributed by atoms with Gasteiger partial charge in [0.1, 0.15) is 11.9 Å². The number of carboxylic acid groups (broad SMARTS) is 1. The van der Waals surface area contributed by atoms with E-state index in [2.05, 4.69) is 0 Å². The van der Waals surface area contributed by atoms with Crippen LogP contribution >= 0.6 is 0 Å². The second kappa shape index (κ2) is 5.44. The number of hydrogen-bond donors (Lipinski definition) is 1. The number of hydrogen-bond acceptors (Lipinski definition) is 3. The van der Waals surface area contributed by atoms with Crippen LogP contribution < -0.4 is 4.74 Å². The van der Waals surface area contributed by atoms with Gasteiger partial charge in [0.2, 0.25) is 0 Å². The van der Waals surface area contributed by atoms with Gasteiger partial charge in [0.15, 0.2) is 0 Å². The average molecular weight is 276 g/mol. The Morgan fingerprint density at radius 1 is 1.35 bits per heavy atom. The maximum atomic E-state index is 11.0. The summed E-state index contributed by atoms with van der Waals surface area (Å²) < 4.78 is 12.0. The first-order chi connectivity index (χ1) is 9.67. The Kier molecular flexibility index (Phi) is 3.66. The maximum absolute atomic E-state index is 11.0. The fourth-order valence-electron chi connectivity index (χ4n) is 3.35. The van der Waals surface area contributed by atoms with Crippen molar-refractivity contribution in [2.75, 3.05) is 6.61 Å². The zero-order valence-electron chi connectivity index (χ0n) is 11.5. The number of rotatable bonds is 3. The summed E-state index contributed by atoms with van der Waals surface area (Å²) in [6.45, 7) is 0.739. The number of benzene rings is 1. The first kappa shape index (κ1) is 13.4. The second-order valence-corrected chi connectivity index (χ2v) is 5.80. The van der Waals surface area contributed by atoms with Crippen molar-refractivity contribution in [3.05, 3.63) is 29.8 Å². The van der Waals surface area contributed by atoms with Crippen LogP contribution in [-0.4, -0.2) is 29.4 Å². The van der Waals surface area contributed by atoms with Gasteiger partial charge in [-0.25, -0.2) is 4.79 Å². The molecule has 1 aromatic carbocycles. The van der Waals surface area contributed by atoms with E-state index in [0.717, 1.165) is 32.3 Å².